The predicted molar refractivity (Wildman–Crippen MR) is 75.2 cm³/mol. The van der Waals surface area contributed by atoms with E-state index in [1.807, 2.05) is 30.3 Å². The lowest BCUT2D eigenvalue weighted by Crippen LogP contribution is -2.16. The second-order valence-corrected chi connectivity index (χ2v) is 6.04. The highest BCUT2D eigenvalue weighted by Gasteiger charge is 2.55. The van der Waals surface area contributed by atoms with Crippen molar-refractivity contribution >= 4 is 10.8 Å². The molecule has 2 aromatic carbocycles. The number of nitrogens with two attached hydrogens (primary N) is 1. The van der Waals surface area contributed by atoms with Crippen LogP contribution in [0.15, 0.2) is 36.4 Å². The highest BCUT2D eigenvalue weighted by Crippen LogP contribution is 2.61. The maximum atomic E-state index is 13.8. The number of benzene rings is 2. The molecule has 98 valence electrons. The second-order valence-electron chi connectivity index (χ2n) is 6.04. The van der Waals surface area contributed by atoms with E-state index in [9.17, 15) is 4.39 Å². The van der Waals surface area contributed by atoms with Crippen LogP contribution in [0.1, 0.15) is 30.9 Å². The highest BCUT2D eigenvalue weighted by molar-refractivity contribution is 5.86. The van der Waals surface area contributed by atoms with Crippen LogP contribution in [0.3, 0.4) is 0 Å². The van der Waals surface area contributed by atoms with Gasteiger partial charge in [0.25, 0.3) is 0 Å². The standard InChI is InChI=1S/C17H18FN/c18-15-9-8-14(10-4-1-2-5-11(10)15)17(19)16-12-6-3-7-13(12)16/h1-2,4-5,8-9,12-13,16-17H,3,6-7,19H2. The van der Waals surface area contributed by atoms with Gasteiger partial charge in [0.05, 0.1) is 0 Å². The summed E-state index contributed by atoms with van der Waals surface area (Å²) in [6.07, 6.45) is 4.03. The molecule has 0 aromatic heterocycles. The van der Waals surface area contributed by atoms with E-state index >= 15 is 0 Å². The molecule has 0 spiro atoms. The molecule has 0 saturated heterocycles. The van der Waals surface area contributed by atoms with Crippen LogP contribution in [0.2, 0.25) is 0 Å². The summed E-state index contributed by atoms with van der Waals surface area (Å²) in [6.45, 7) is 0. The molecule has 2 N–H and O–H groups in total. The Hall–Kier alpha value is -1.41. The molecular formula is C17H18FN. The van der Waals surface area contributed by atoms with Crippen LogP contribution in [-0.4, -0.2) is 0 Å². The molecule has 2 aliphatic carbocycles. The van der Waals surface area contributed by atoms with Gasteiger partial charge in [-0.1, -0.05) is 36.8 Å². The molecule has 2 aliphatic rings. The maximum Gasteiger partial charge on any atom is 0.131 e. The Morgan fingerprint density at radius 2 is 1.68 bits per heavy atom. The highest BCUT2D eigenvalue weighted by atomic mass is 19.1. The molecule has 2 heteroatoms. The predicted octanol–water partition coefficient (Wildman–Crippen LogP) is 4.02. The Labute approximate surface area is 112 Å². The number of hydrogen-bond acceptors (Lipinski definition) is 1. The molecule has 0 amide bonds. The zero-order chi connectivity index (χ0) is 13.0. The summed E-state index contributed by atoms with van der Waals surface area (Å²) < 4.78 is 13.8. The molecule has 2 aromatic rings. The van der Waals surface area contributed by atoms with Gasteiger partial charge in [0.2, 0.25) is 0 Å². The molecule has 1 nitrogen and oxygen atoms in total. The first-order valence-electron chi connectivity index (χ1n) is 7.20. The van der Waals surface area contributed by atoms with Crippen LogP contribution in [0.25, 0.3) is 10.8 Å². The second kappa shape index (κ2) is 4.04. The van der Waals surface area contributed by atoms with Crippen molar-refractivity contribution in [3.8, 4) is 0 Å². The maximum absolute atomic E-state index is 13.8. The van der Waals surface area contributed by atoms with E-state index in [1.165, 1.54) is 19.3 Å². The van der Waals surface area contributed by atoms with Crippen molar-refractivity contribution < 1.29 is 4.39 Å². The van der Waals surface area contributed by atoms with Crippen molar-refractivity contribution in [2.75, 3.05) is 0 Å². The summed E-state index contributed by atoms with van der Waals surface area (Å²) in [6, 6.07) is 11.2. The Bertz CT molecular complexity index is 626. The number of fused-ring (bicyclic) bond motifs is 2. The van der Waals surface area contributed by atoms with Crippen molar-refractivity contribution in [1.29, 1.82) is 0 Å². The SMILES string of the molecule is NC(c1ccc(F)c2ccccc12)C1C2CCCC21. The average molecular weight is 255 g/mol. The van der Waals surface area contributed by atoms with E-state index in [0.29, 0.717) is 11.3 Å². The fourth-order valence-corrected chi connectivity index (χ4v) is 4.19. The molecule has 0 radical (unpaired) electrons. The third-order valence-corrected chi connectivity index (χ3v) is 5.15. The Morgan fingerprint density at radius 1 is 1.00 bits per heavy atom. The normalized spacial score (nSPS) is 30.3. The van der Waals surface area contributed by atoms with E-state index in [4.69, 9.17) is 5.73 Å². The number of hydrogen-bond donors (Lipinski definition) is 1. The molecule has 2 fully saturated rings. The summed E-state index contributed by atoms with van der Waals surface area (Å²) in [5.74, 6) is 2.14. The van der Waals surface area contributed by atoms with Crippen LogP contribution in [0.5, 0.6) is 0 Å². The number of rotatable bonds is 2. The molecule has 19 heavy (non-hydrogen) atoms. The Kier molecular flexibility index (Phi) is 2.43. The van der Waals surface area contributed by atoms with Gasteiger partial charge in [-0.05, 0) is 47.6 Å². The quantitative estimate of drug-likeness (QED) is 0.861. The van der Waals surface area contributed by atoms with Gasteiger partial charge in [0.1, 0.15) is 5.82 Å². The van der Waals surface area contributed by atoms with E-state index in [-0.39, 0.29) is 11.9 Å². The largest absolute Gasteiger partial charge is 0.324 e. The molecule has 3 unspecified atom stereocenters. The van der Waals surface area contributed by atoms with Crippen molar-refractivity contribution in [3.05, 3.63) is 47.8 Å². The first-order valence-corrected chi connectivity index (χ1v) is 7.20. The fourth-order valence-electron chi connectivity index (χ4n) is 4.19. The first-order chi connectivity index (χ1) is 9.27. The van der Waals surface area contributed by atoms with Crippen molar-refractivity contribution in [3.63, 3.8) is 0 Å². The van der Waals surface area contributed by atoms with Crippen molar-refractivity contribution in [1.82, 2.24) is 0 Å². The Morgan fingerprint density at radius 3 is 2.42 bits per heavy atom. The fraction of sp³-hybridized carbons (Fsp3) is 0.412. The molecule has 0 heterocycles. The topological polar surface area (TPSA) is 26.0 Å². The van der Waals surface area contributed by atoms with Gasteiger partial charge < -0.3 is 5.73 Å². The van der Waals surface area contributed by atoms with Gasteiger partial charge in [-0.15, -0.1) is 0 Å². The summed E-state index contributed by atoms with van der Waals surface area (Å²) in [5.41, 5.74) is 7.61. The monoisotopic (exact) mass is 255 g/mol. The summed E-state index contributed by atoms with van der Waals surface area (Å²) in [7, 11) is 0. The zero-order valence-electron chi connectivity index (χ0n) is 10.9. The van der Waals surface area contributed by atoms with E-state index in [1.54, 1.807) is 6.07 Å². The first kappa shape index (κ1) is 11.4. The average Bonchev–Trinajstić information content (AvgIpc) is 2.92. The van der Waals surface area contributed by atoms with Crippen molar-refractivity contribution in [2.45, 2.75) is 25.3 Å². The molecule has 2 saturated carbocycles. The van der Waals surface area contributed by atoms with E-state index in [2.05, 4.69) is 0 Å². The van der Waals surface area contributed by atoms with Gasteiger partial charge in [-0.2, -0.15) is 0 Å². The van der Waals surface area contributed by atoms with E-state index in [0.717, 1.165) is 22.8 Å². The van der Waals surface area contributed by atoms with Crippen LogP contribution >= 0.6 is 0 Å². The molecule has 0 aliphatic heterocycles. The minimum atomic E-state index is -0.150. The minimum absolute atomic E-state index is 0.0702. The summed E-state index contributed by atoms with van der Waals surface area (Å²) in [4.78, 5) is 0. The number of halogens is 1. The van der Waals surface area contributed by atoms with Gasteiger partial charge in [-0.3, -0.25) is 0 Å². The van der Waals surface area contributed by atoms with Crippen LogP contribution in [0, 0.1) is 23.6 Å². The Balaban J connectivity index is 1.77. The van der Waals surface area contributed by atoms with E-state index < -0.39 is 0 Å². The molecular weight excluding hydrogens is 237 g/mol. The molecule has 3 atom stereocenters. The zero-order valence-corrected chi connectivity index (χ0v) is 10.9. The lowest BCUT2D eigenvalue weighted by atomic mass is 9.93. The summed E-state index contributed by atoms with van der Waals surface area (Å²) >= 11 is 0. The van der Waals surface area contributed by atoms with Crippen LogP contribution in [0.4, 0.5) is 4.39 Å². The lowest BCUT2D eigenvalue weighted by Gasteiger charge is -2.17. The molecule has 0 bridgehead atoms. The smallest absolute Gasteiger partial charge is 0.131 e. The van der Waals surface area contributed by atoms with Gasteiger partial charge >= 0.3 is 0 Å². The van der Waals surface area contributed by atoms with Gasteiger partial charge in [0.15, 0.2) is 0 Å². The van der Waals surface area contributed by atoms with Crippen LogP contribution in [-0.2, 0) is 0 Å². The minimum Gasteiger partial charge on any atom is -0.324 e. The summed E-state index contributed by atoms with van der Waals surface area (Å²) in [5, 5.41) is 1.68. The van der Waals surface area contributed by atoms with Gasteiger partial charge in [0, 0.05) is 11.4 Å². The van der Waals surface area contributed by atoms with Crippen molar-refractivity contribution in [2.24, 2.45) is 23.5 Å². The third-order valence-electron chi connectivity index (χ3n) is 5.15. The lowest BCUT2D eigenvalue weighted by molar-refractivity contribution is 0.503. The molecule has 4 rings (SSSR count). The van der Waals surface area contributed by atoms with Crippen LogP contribution < -0.4 is 5.73 Å². The van der Waals surface area contributed by atoms with Gasteiger partial charge in [-0.25, -0.2) is 4.39 Å². The third kappa shape index (κ3) is 1.63.